The SMILES string of the molecule is CC(C)c1cscc1C(=O)OC(C)(C)C. The van der Waals surface area contributed by atoms with Gasteiger partial charge in [0.25, 0.3) is 0 Å². The van der Waals surface area contributed by atoms with Gasteiger partial charge in [0.1, 0.15) is 5.60 Å². The molecule has 0 fully saturated rings. The van der Waals surface area contributed by atoms with Gasteiger partial charge in [0.15, 0.2) is 0 Å². The summed E-state index contributed by atoms with van der Waals surface area (Å²) in [7, 11) is 0. The molecule has 0 amide bonds. The number of hydrogen-bond acceptors (Lipinski definition) is 3. The summed E-state index contributed by atoms with van der Waals surface area (Å²) in [6.45, 7) is 9.80. The Morgan fingerprint density at radius 1 is 1.33 bits per heavy atom. The second-order valence-corrected chi connectivity index (χ2v) is 5.64. The molecule has 0 bridgehead atoms. The molecule has 0 unspecified atom stereocenters. The van der Waals surface area contributed by atoms with Crippen LogP contribution in [0.1, 0.15) is 56.5 Å². The van der Waals surface area contributed by atoms with Crippen molar-refractivity contribution < 1.29 is 9.53 Å². The maximum Gasteiger partial charge on any atom is 0.339 e. The first kappa shape index (κ1) is 12.2. The van der Waals surface area contributed by atoms with Gasteiger partial charge in [-0.1, -0.05) is 13.8 Å². The molecule has 0 atom stereocenters. The summed E-state index contributed by atoms with van der Waals surface area (Å²) < 4.78 is 5.34. The lowest BCUT2D eigenvalue weighted by Gasteiger charge is -2.20. The van der Waals surface area contributed by atoms with E-state index in [9.17, 15) is 4.79 Å². The third-order valence-electron chi connectivity index (χ3n) is 1.93. The molecule has 0 aliphatic heterocycles. The molecule has 1 aromatic rings. The van der Waals surface area contributed by atoms with Gasteiger partial charge in [-0.15, -0.1) is 0 Å². The minimum atomic E-state index is -0.423. The van der Waals surface area contributed by atoms with E-state index in [0.717, 1.165) is 5.56 Å². The summed E-state index contributed by atoms with van der Waals surface area (Å²) in [6, 6.07) is 0. The first-order valence-electron chi connectivity index (χ1n) is 5.10. The Labute approximate surface area is 95.3 Å². The van der Waals surface area contributed by atoms with Crippen LogP contribution in [0.2, 0.25) is 0 Å². The Hall–Kier alpha value is -0.830. The van der Waals surface area contributed by atoms with Gasteiger partial charge in [-0.3, -0.25) is 0 Å². The Morgan fingerprint density at radius 3 is 2.40 bits per heavy atom. The van der Waals surface area contributed by atoms with Crippen molar-refractivity contribution in [2.45, 2.75) is 46.1 Å². The van der Waals surface area contributed by atoms with Gasteiger partial charge in [0.2, 0.25) is 0 Å². The first-order valence-corrected chi connectivity index (χ1v) is 6.05. The molecule has 84 valence electrons. The molecule has 0 aromatic carbocycles. The maximum absolute atomic E-state index is 11.8. The number of hydrogen-bond donors (Lipinski definition) is 0. The fraction of sp³-hybridized carbons (Fsp3) is 0.583. The van der Waals surface area contributed by atoms with E-state index in [1.165, 1.54) is 0 Å². The van der Waals surface area contributed by atoms with Crippen molar-refractivity contribution in [1.29, 1.82) is 0 Å². The van der Waals surface area contributed by atoms with E-state index in [1.807, 2.05) is 31.5 Å². The zero-order valence-corrected chi connectivity index (χ0v) is 10.8. The normalized spacial score (nSPS) is 11.9. The van der Waals surface area contributed by atoms with Gasteiger partial charge in [0.05, 0.1) is 5.56 Å². The second kappa shape index (κ2) is 4.35. The molecule has 0 radical (unpaired) electrons. The lowest BCUT2D eigenvalue weighted by Crippen LogP contribution is -2.24. The Bertz CT molecular complexity index is 345. The Morgan fingerprint density at radius 2 is 1.93 bits per heavy atom. The lowest BCUT2D eigenvalue weighted by molar-refractivity contribution is 0.00686. The number of rotatable bonds is 2. The highest BCUT2D eigenvalue weighted by Crippen LogP contribution is 2.25. The molecule has 0 saturated carbocycles. The van der Waals surface area contributed by atoms with Crippen LogP contribution in [0.15, 0.2) is 10.8 Å². The van der Waals surface area contributed by atoms with Crippen LogP contribution in [0.3, 0.4) is 0 Å². The highest BCUT2D eigenvalue weighted by Gasteiger charge is 2.21. The molecule has 0 spiro atoms. The summed E-state index contributed by atoms with van der Waals surface area (Å²) in [5, 5.41) is 3.88. The Kier molecular flexibility index (Phi) is 3.55. The van der Waals surface area contributed by atoms with Gasteiger partial charge >= 0.3 is 5.97 Å². The van der Waals surface area contributed by atoms with E-state index in [0.29, 0.717) is 11.5 Å². The van der Waals surface area contributed by atoms with Gasteiger partial charge in [-0.2, -0.15) is 11.3 Å². The molecule has 0 aliphatic rings. The highest BCUT2D eigenvalue weighted by molar-refractivity contribution is 7.08. The molecule has 1 heterocycles. The molecule has 0 N–H and O–H groups in total. The summed E-state index contributed by atoms with van der Waals surface area (Å²) in [4.78, 5) is 11.8. The molecular formula is C12H18O2S. The number of carbonyl (C=O) groups excluding carboxylic acids is 1. The largest absolute Gasteiger partial charge is 0.456 e. The standard InChI is InChI=1S/C12H18O2S/c1-8(2)9-6-15-7-10(9)11(13)14-12(3,4)5/h6-8H,1-5H3. The third kappa shape index (κ3) is 3.34. The molecule has 1 aromatic heterocycles. The van der Waals surface area contributed by atoms with Gasteiger partial charge < -0.3 is 4.74 Å². The van der Waals surface area contributed by atoms with Crippen LogP contribution in [0, 0.1) is 0 Å². The van der Waals surface area contributed by atoms with Crippen molar-refractivity contribution >= 4 is 17.3 Å². The summed E-state index contributed by atoms with van der Waals surface area (Å²) >= 11 is 1.55. The number of esters is 1. The van der Waals surface area contributed by atoms with E-state index in [1.54, 1.807) is 11.3 Å². The molecule has 1 rings (SSSR count). The van der Waals surface area contributed by atoms with Crippen LogP contribution in [0.25, 0.3) is 0 Å². The molecule has 15 heavy (non-hydrogen) atoms. The van der Waals surface area contributed by atoms with E-state index in [2.05, 4.69) is 13.8 Å². The monoisotopic (exact) mass is 226 g/mol. The van der Waals surface area contributed by atoms with Crippen molar-refractivity contribution in [2.75, 3.05) is 0 Å². The van der Waals surface area contributed by atoms with Crippen molar-refractivity contribution in [1.82, 2.24) is 0 Å². The zero-order chi connectivity index (χ0) is 11.6. The molecule has 0 saturated heterocycles. The summed E-state index contributed by atoms with van der Waals surface area (Å²) in [5.41, 5.74) is 1.37. The van der Waals surface area contributed by atoms with Crippen LogP contribution in [-0.4, -0.2) is 11.6 Å². The van der Waals surface area contributed by atoms with Gasteiger partial charge in [-0.25, -0.2) is 4.79 Å². The quantitative estimate of drug-likeness (QED) is 0.716. The van der Waals surface area contributed by atoms with Gasteiger partial charge in [0, 0.05) is 5.38 Å². The van der Waals surface area contributed by atoms with Crippen molar-refractivity contribution in [3.8, 4) is 0 Å². The predicted octanol–water partition coefficient (Wildman–Crippen LogP) is 3.83. The zero-order valence-electron chi connectivity index (χ0n) is 9.96. The van der Waals surface area contributed by atoms with Crippen molar-refractivity contribution in [3.63, 3.8) is 0 Å². The van der Waals surface area contributed by atoms with Crippen LogP contribution in [-0.2, 0) is 4.74 Å². The van der Waals surface area contributed by atoms with E-state index >= 15 is 0 Å². The molecule has 2 nitrogen and oxygen atoms in total. The molecular weight excluding hydrogens is 208 g/mol. The second-order valence-electron chi connectivity index (χ2n) is 4.90. The third-order valence-corrected chi connectivity index (χ3v) is 2.69. The summed E-state index contributed by atoms with van der Waals surface area (Å²) in [5.74, 6) is 0.145. The fourth-order valence-electron chi connectivity index (χ4n) is 1.25. The van der Waals surface area contributed by atoms with E-state index in [4.69, 9.17) is 4.74 Å². The van der Waals surface area contributed by atoms with Crippen LogP contribution >= 0.6 is 11.3 Å². The highest BCUT2D eigenvalue weighted by atomic mass is 32.1. The van der Waals surface area contributed by atoms with E-state index in [-0.39, 0.29) is 5.97 Å². The van der Waals surface area contributed by atoms with E-state index < -0.39 is 5.60 Å². The maximum atomic E-state index is 11.8. The first-order chi connectivity index (χ1) is 6.81. The minimum Gasteiger partial charge on any atom is -0.456 e. The number of carbonyl (C=O) groups is 1. The van der Waals surface area contributed by atoms with Crippen molar-refractivity contribution in [3.05, 3.63) is 21.9 Å². The van der Waals surface area contributed by atoms with Crippen molar-refractivity contribution in [2.24, 2.45) is 0 Å². The number of thiophene rings is 1. The van der Waals surface area contributed by atoms with Crippen LogP contribution in [0.4, 0.5) is 0 Å². The minimum absolute atomic E-state index is 0.215. The molecule has 0 aliphatic carbocycles. The Balaban J connectivity index is 2.87. The van der Waals surface area contributed by atoms with Crippen LogP contribution in [0.5, 0.6) is 0 Å². The lowest BCUT2D eigenvalue weighted by atomic mass is 10.0. The summed E-state index contributed by atoms with van der Waals surface area (Å²) in [6.07, 6.45) is 0. The predicted molar refractivity (Wildman–Crippen MR) is 63.6 cm³/mol. The smallest absolute Gasteiger partial charge is 0.339 e. The van der Waals surface area contributed by atoms with Gasteiger partial charge in [-0.05, 0) is 37.6 Å². The average molecular weight is 226 g/mol. The average Bonchev–Trinajstić information content (AvgIpc) is 2.47. The topological polar surface area (TPSA) is 26.3 Å². The fourth-order valence-corrected chi connectivity index (χ4v) is 2.24. The number of ether oxygens (including phenoxy) is 1. The molecule has 3 heteroatoms. The van der Waals surface area contributed by atoms with Crippen LogP contribution < -0.4 is 0 Å².